The lowest BCUT2D eigenvalue weighted by atomic mass is 10.0. The molecule has 2 heterocycles. The number of fused-ring (bicyclic) bond motifs is 1. The average molecular weight is 333 g/mol. The standard InChI is InChI=1S/C19H19N5O/c1-13(15-6-5-14-3-2-4-16(14)9-15)23-19(25)17-7-8-21-18(10-17)24-12-20-11-22-24/h5-13H,2-4H2,1H3,(H,23,25)/t13-/m0/s1. The highest BCUT2D eigenvalue weighted by Crippen LogP contribution is 2.25. The summed E-state index contributed by atoms with van der Waals surface area (Å²) in [7, 11) is 0. The molecule has 1 amide bonds. The number of hydrogen-bond acceptors (Lipinski definition) is 4. The first kappa shape index (κ1) is 15.5. The summed E-state index contributed by atoms with van der Waals surface area (Å²) in [5.74, 6) is 0.437. The van der Waals surface area contributed by atoms with Crippen molar-refractivity contribution in [3.8, 4) is 5.82 Å². The number of aromatic nitrogens is 4. The summed E-state index contributed by atoms with van der Waals surface area (Å²) in [6.07, 6.45) is 8.11. The van der Waals surface area contributed by atoms with E-state index in [0.717, 1.165) is 12.0 Å². The highest BCUT2D eigenvalue weighted by molar-refractivity contribution is 5.94. The van der Waals surface area contributed by atoms with Crippen LogP contribution in [-0.4, -0.2) is 25.7 Å². The molecule has 3 aromatic rings. The van der Waals surface area contributed by atoms with Gasteiger partial charge in [-0.1, -0.05) is 18.2 Å². The number of benzene rings is 1. The second kappa shape index (κ2) is 6.47. The first-order valence-electron chi connectivity index (χ1n) is 8.44. The fourth-order valence-corrected chi connectivity index (χ4v) is 3.24. The van der Waals surface area contributed by atoms with Gasteiger partial charge in [0.25, 0.3) is 5.91 Å². The molecular formula is C19H19N5O. The van der Waals surface area contributed by atoms with Gasteiger partial charge >= 0.3 is 0 Å². The Kier molecular flexibility index (Phi) is 4.01. The molecule has 0 saturated carbocycles. The third-order valence-electron chi connectivity index (χ3n) is 4.63. The summed E-state index contributed by atoms with van der Waals surface area (Å²) in [4.78, 5) is 20.7. The number of hydrogen-bond donors (Lipinski definition) is 1. The third kappa shape index (κ3) is 3.15. The van der Waals surface area contributed by atoms with Gasteiger partial charge in [0.1, 0.15) is 12.7 Å². The molecule has 0 unspecified atom stereocenters. The Bertz CT molecular complexity index is 904. The molecule has 0 spiro atoms. The van der Waals surface area contributed by atoms with Gasteiger partial charge in [0.2, 0.25) is 0 Å². The second-order valence-corrected chi connectivity index (χ2v) is 6.32. The second-order valence-electron chi connectivity index (χ2n) is 6.32. The Hall–Kier alpha value is -3.02. The predicted octanol–water partition coefficient (Wildman–Crippen LogP) is 2.64. The molecule has 1 aliphatic rings. The monoisotopic (exact) mass is 333 g/mol. The van der Waals surface area contributed by atoms with Crippen LogP contribution >= 0.6 is 0 Å². The smallest absolute Gasteiger partial charge is 0.251 e. The highest BCUT2D eigenvalue weighted by atomic mass is 16.1. The molecule has 0 fully saturated rings. The third-order valence-corrected chi connectivity index (χ3v) is 4.63. The molecule has 126 valence electrons. The minimum Gasteiger partial charge on any atom is -0.346 e. The minimum absolute atomic E-state index is 0.0543. The minimum atomic E-state index is -0.128. The Morgan fingerprint density at radius 3 is 2.92 bits per heavy atom. The molecule has 6 heteroatoms. The van der Waals surface area contributed by atoms with Gasteiger partial charge < -0.3 is 5.32 Å². The van der Waals surface area contributed by atoms with E-state index in [1.165, 1.54) is 35.0 Å². The summed E-state index contributed by atoms with van der Waals surface area (Å²) in [5, 5.41) is 7.10. The number of nitrogens with zero attached hydrogens (tertiary/aromatic N) is 4. The molecule has 1 N–H and O–H groups in total. The van der Waals surface area contributed by atoms with E-state index in [-0.39, 0.29) is 11.9 Å². The van der Waals surface area contributed by atoms with E-state index in [2.05, 4.69) is 38.6 Å². The molecule has 25 heavy (non-hydrogen) atoms. The molecular weight excluding hydrogens is 314 g/mol. The molecule has 0 aliphatic heterocycles. The van der Waals surface area contributed by atoms with Crippen molar-refractivity contribution >= 4 is 5.91 Å². The first-order chi connectivity index (χ1) is 12.2. The van der Waals surface area contributed by atoms with Crippen molar-refractivity contribution in [1.82, 2.24) is 25.1 Å². The molecule has 6 nitrogen and oxygen atoms in total. The van der Waals surface area contributed by atoms with E-state index >= 15 is 0 Å². The van der Waals surface area contributed by atoms with Crippen LogP contribution in [0.25, 0.3) is 5.82 Å². The Morgan fingerprint density at radius 1 is 1.20 bits per heavy atom. The molecule has 0 bridgehead atoms. The zero-order valence-corrected chi connectivity index (χ0v) is 14.0. The van der Waals surface area contributed by atoms with Gasteiger partial charge in [0.15, 0.2) is 5.82 Å². The van der Waals surface area contributed by atoms with Gasteiger partial charge in [-0.25, -0.2) is 14.6 Å². The first-order valence-corrected chi connectivity index (χ1v) is 8.44. The van der Waals surface area contributed by atoms with Crippen molar-refractivity contribution in [2.24, 2.45) is 0 Å². The van der Waals surface area contributed by atoms with Crippen LogP contribution in [0.4, 0.5) is 0 Å². The van der Waals surface area contributed by atoms with Crippen molar-refractivity contribution in [1.29, 1.82) is 0 Å². The Morgan fingerprint density at radius 2 is 2.08 bits per heavy atom. The summed E-state index contributed by atoms with van der Waals surface area (Å²) >= 11 is 0. The van der Waals surface area contributed by atoms with Crippen LogP contribution in [0.2, 0.25) is 0 Å². The van der Waals surface area contributed by atoms with Crippen molar-refractivity contribution in [3.05, 3.63) is 71.4 Å². The van der Waals surface area contributed by atoms with Gasteiger partial charge in [0.05, 0.1) is 6.04 Å². The summed E-state index contributed by atoms with van der Waals surface area (Å²) < 4.78 is 1.53. The van der Waals surface area contributed by atoms with Crippen LogP contribution in [0, 0.1) is 0 Å². The van der Waals surface area contributed by atoms with Gasteiger partial charge in [0, 0.05) is 11.8 Å². The molecule has 1 atom stereocenters. The molecule has 0 radical (unpaired) electrons. The normalized spacial score (nSPS) is 14.1. The lowest BCUT2D eigenvalue weighted by Gasteiger charge is -2.16. The molecule has 0 saturated heterocycles. The van der Waals surface area contributed by atoms with Crippen LogP contribution in [0.1, 0.15) is 46.4 Å². The number of carbonyl (C=O) groups is 1. The van der Waals surface area contributed by atoms with Gasteiger partial charge in [-0.3, -0.25) is 4.79 Å². The maximum Gasteiger partial charge on any atom is 0.251 e. The molecule has 1 aromatic carbocycles. The van der Waals surface area contributed by atoms with E-state index < -0.39 is 0 Å². The van der Waals surface area contributed by atoms with Crippen LogP contribution in [0.3, 0.4) is 0 Å². The van der Waals surface area contributed by atoms with Crippen molar-refractivity contribution in [3.63, 3.8) is 0 Å². The Balaban J connectivity index is 1.51. The average Bonchev–Trinajstić information content (AvgIpc) is 3.32. The van der Waals surface area contributed by atoms with E-state index in [9.17, 15) is 4.79 Å². The number of rotatable bonds is 4. The maximum atomic E-state index is 12.6. The van der Waals surface area contributed by atoms with Crippen LogP contribution in [0.15, 0.2) is 49.2 Å². The van der Waals surface area contributed by atoms with Crippen molar-refractivity contribution < 1.29 is 4.79 Å². The molecule has 4 rings (SSSR count). The quantitative estimate of drug-likeness (QED) is 0.796. The molecule has 2 aromatic heterocycles. The Labute approximate surface area is 145 Å². The number of amides is 1. The highest BCUT2D eigenvalue weighted by Gasteiger charge is 2.16. The van der Waals surface area contributed by atoms with Gasteiger partial charge in [-0.2, -0.15) is 5.10 Å². The maximum absolute atomic E-state index is 12.6. The van der Waals surface area contributed by atoms with Crippen molar-refractivity contribution in [2.45, 2.75) is 32.2 Å². The lowest BCUT2D eigenvalue weighted by Crippen LogP contribution is -2.27. The fourth-order valence-electron chi connectivity index (χ4n) is 3.24. The number of pyridine rings is 1. The summed E-state index contributed by atoms with van der Waals surface area (Å²) in [5.41, 5.74) is 4.54. The fraction of sp³-hybridized carbons (Fsp3) is 0.263. The zero-order valence-electron chi connectivity index (χ0n) is 14.0. The lowest BCUT2D eigenvalue weighted by molar-refractivity contribution is 0.0939. The zero-order chi connectivity index (χ0) is 17.2. The number of aryl methyl sites for hydroxylation is 2. The number of carbonyl (C=O) groups excluding carboxylic acids is 1. The van der Waals surface area contributed by atoms with E-state index in [0.29, 0.717) is 11.4 Å². The van der Waals surface area contributed by atoms with Gasteiger partial charge in [-0.05, 0) is 55.0 Å². The summed E-state index contributed by atoms with van der Waals surface area (Å²) in [6, 6.07) is 9.88. The van der Waals surface area contributed by atoms with E-state index in [1.54, 1.807) is 24.7 Å². The largest absolute Gasteiger partial charge is 0.346 e. The molecule has 1 aliphatic carbocycles. The van der Waals surface area contributed by atoms with Gasteiger partial charge in [-0.15, -0.1) is 0 Å². The SMILES string of the molecule is C[C@H](NC(=O)c1ccnc(-n2cncn2)c1)c1ccc2c(c1)CCC2. The van der Waals surface area contributed by atoms with Crippen LogP contribution < -0.4 is 5.32 Å². The van der Waals surface area contributed by atoms with Crippen LogP contribution in [0.5, 0.6) is 0 Å². The van der Waals surface area contributed by atoms with Crippen LogP contribution in [-0.2, 0) is 12.8 Å². The number of nitrogens with one attached hydrogen (secondary N) is 1. The topological polar surface area (TPSA) is 72.7 Å². The summed E-state index contributed by atoms with van der Waals surface area (Å²) in [6.45, 7) is 2.01. The van der Waals surface area contributed by atoms with Crippen molar-refractivity contribution in [2.75, 3.05) is 0 Å². The predicted molar refractivity (Wildman–Crippen MR) is 93.5 cm³/mol. The van der Waals surface area contributed by atoms with E-state index in [4.69, 9.17) is 0 Å². The van der Waals surface area contributed by atoms with E-state index in [1.807, 2.05) is 6.92 Å².